The maximum absolute atomic E-state index is 11.5. The topological polar surface area (TPSA) is 80.2 Å². The van der Waals surface area contributed by atoms with Crippen molar-refractivity contribution < 1.29 is 9.53 Å². The van der Waals surface area contributed by atoms with Crippen molar-refractivity contribution in [1.82, 2.24) is 15.2 Å². The molecular formula is C13H19N5O2S3. The molecule has 2 heterocycles. The van der Waals surface area contributed by atoms with Crippen molar-refractivity contribution in [3.05, 3.63) is 11.1 Å². The summed E-state index contributed by atoms with van der Waals surface area (Å²) in [5.74, 6) is 0.718. The minimum absolute atomic E-state index is 0.0111. The van der Waals surface area contributed by atoms with Gasteiger partial charge in [0.15, 0.2) is 9.47 Å². The first kappa shape index (κ1) is 18.1. The van der Waals surface area contributed by atoms with Crippen molar-refractivity contribution in [1.29, 1.82) is 0 Å². The summed E-state index contributed by atoms with van der Waals surface area (Å²) in [7, 11) is 1.66. The zero-order valence-corrected chi connectivity index (χ0v) is 15.7. The first-order valence-electron chi connectivity index (χ1n) is 7.05. The number of nitrogens with zero attached hydrogens (tertiary/aromatic N) is 4. The number of hydrogen-bond donors (Lipinski definition) is 1. The van der Waals surface area contributed by atoms with Crippen molar-refractivity contribution in [3.63, 3.8) is 0 Å². The lowest BCUT2D eigenvalue weighted by molar-refractivity contribution is -0.116. The Labute approximate surface area is 147 Å². The first-order chi connectivity index (χ1) is 11.1. The second-order valence-electron chi connectivity index (χ2n) is 4.47. The molecule has 23 heavy (non-hydrogen) atoms. The Morgan fingerprint density at radius 3 is 3.00 bits per heavy atom. The molecular weight excluding hydrogens is 354 g/mol. The number of ether oxygens (including phenoxy) is 1. The van der Waals surface area contributed by atoms with Gasteiger partial charge in [0.05, 0.1) is 12.3 Å². The summed E-state index contributed by atoms with van der Waals surface area (Å²) in [4.78, 5) is 17.7. The zero-order chi connectivity index (χ0) is 16.7. The third-order valence-electron chi connectivity index (χ3n) is 2.80. The fourth-order valence-corrected chi connectivity index (χ4v) is 4.42. The van der Waals surface area contributed by atoms with E-state index < -0.39 is 0 Å². The molecule has 10 heteroatoms. The smallest absolute Gasteiger partial charge is 0.225 e. The first-order valence-corrected chi connectivity index (χ1v) is 9.73. The van der Waals surface area contributed by atoms with Crippen LogP contribution in [-0.4, -0.2) is 47.9 Å². The summed E-state index contributed by atoms with van der Waals surface area (Å²) >= 11 is 4.59. The predicted molar refractivity (Wildman–Crippen MR) is 95.7 cm³/mol. The average Bonchev–Trinajstić information content (AvgIpc) is 3.15. The molecule has 2 rings (SSSR count). The highest BCUT2D eigenvalue weighted by molar-refractivity contribution is 8.00. The number of thioether (sulfide) groups is 1. The summed E-state index contributed by atoms with van der Waals surface area (Å²) in [6.45, 7) is 5.47. The largest absolute Gasteiger partial charge is 0.383 e. The van der Waals surface area contributed by atoms with Crippen LogP contribution in [0.3, 0.4) is 0 Å². The minimum Gasteiger partial charge on any atom is -0.383 e. The van der Waals surface area contributed by atoms with Crippen molar-refractivity contribution >= 4 is 50.6 Å². The van der Waals surface area contributed by atoms with Crippen molar-refractivity contribution in [2.75, 3.05) is 37.0 Å². The summed E-state index contributed by atoms with van der Waals surface area (Å²) < 4.78 is 5.86. The Balaban J connectivity index is 1.86. The molecule has 2 aromatic rings. The number of methoxy groups -OCH3 is 1. The lowest BCUT2D eigenvalue weighted by atomic mass is 10.5. The molecule has 0 spiro atoms. The van der Waals surface area contributed by atoms with Crippen molar-refractivity contribution in [3.8, 4) is 0 Å². The lowest BCUT2D eigenvalue weighted by Crippen LogP contribution is -2.27. The molecule has 0 atom stereocenters. The van der Waals surface area contributed by atoms with E-state index >= 15 is 0 Å². The molecule has 0 aliphatic rings. The summed E-state index contributed by atoms with van der Waals surface area (Å²) in [5.41, 5.74) is 0.943. The van der Waals surface area contributed by atoms with Crippen molar-refractivity contribution in [2.45, 2.75) is 23.9 Å². The van der Waals surface area contributed by atoms with Gasteiger partial charge in [-0.2, -0.15) is 0 Å². The molecule has 0 bridgehead atoms. The monoisotopic (exact) mass is 373 g/mol. The van der Waals surface area contributed by atoms with E-state index in [1.807, 2.05) is 12.3 Å². The highest BCUT2D eigenvalue weighted by atomic mass is 32.2. The van der Waals surface area contributed by atoms with E-state index in [-0.39, 0.29) is 5.91 Å². The van der Waals surface area contributed by atoms with Crippen LogP contribution in [-0.2, 0) is 15.3 Å². The van der Waals surface area contributed by atoms with Gasteiger partial charge in [-0.05, 0) is 6.92 Å². The molecule has 7 nitrogen and oxygen atoms in total. The second-order valence-corrected chi connectivity index (χ2v) is 7.50. The van der Waals surface area contributed by atoms with Gasteiger partial charge in [-0.15, -0.1) is 21.5 Å². The number of thiazole rings is 1. The van der Waals surface area contributed by atoms with E-state index in [2.05, 4.69) is 20.5 Å². The highest BCUT2D eigenvalue weighted by Crippen LogP contribution is 2.30. The fourth-order valence-electron chi connectivity index (χ4n) is 1.71. The van der Waals surface area contributed by atoms with Crippen molar-refractivity contribution in [2.24, 2.45) is 0 Å². The van der Waals surface area contributed by atoms with Gasteiger partial charge >= 0.3 is 0 Å². The van der Waals surface area contributed by atoms with Crippen LogP contribution in [0.4, 0.5) is 10.3 Å². The maximum atomic E-state index is 11.5. The van der Waals surface area contributed by atoms with Gasteiger partial charge in [0.25, 0.3) is 0 Å². The molecule has 0 fully saturated rings. The fraction of sp³-hybridized carbons (Fsp3) is 0.538. The number of aromatic nitrogens is 3. The molecule has 0 radical (unpaired) electrons. The highest BCUT2D eigenvalue weighted by Gasteiger charge is 2.14. The molecule has 0 aromatic carbocycles. The molecule has 2 aromatic heterocycles. The van der Waals surface area contributed by atoms with Crippen LogP contribution in [0.2, 0.25) is 0 Å². The maximum Gasteiger partial charge on any atom is 0.225 e. The summed E-state index contributed by atoms with van der Waals surface area (Å²) in [6.07, 6.45) is 0. The van der Waals surface area contributed by atoms with Gasteiger partial charge in [0.1, 0.15) is 0 Å². The van der Waals surface area contributed by atoms with Gasteiger partial charge < -0.3 is 10.1 Å². The third kappa shape index (κ3) is 5.41. The van der Waals surface area contributed by atoms with E-state index in [1.165, 1.54) is 22.7 Å². The van der Waals surface area contributed by atoms with Gasteiger partial charge in [-0.25, -0.2) is 4.98 Å². The Bertz CT molecular complexity index is 631. The summed E-state index contributed by atoms with van der Waals surface area (Å²) in [6, 6.07) is 0. The quantitative estimate of drug-likeness (QED) is 0.535. The number of amides is 1. The Morgan fingerprint density at radius 2 is 2.30 bits per heavy atom. The van der Waals surface area contributed by atoms with E-state index in [9.17, 15) is 4.79 Å². The van der Waals surface area contributed by atoms with E-state index in [4.69, 9.17) is 4.74 Å². The molecule has 0 aliphatic carbocycles. The Morgan fingerprint density at radius 1 is 1.48 bits per heavy atom. The van der Waals surface area contributed by atoms with E-state index in [0.29, 0.717) is 25.4 Å². The van der Waals surface area contributed by atoms with Gasteiger partial charge in [0.2, 0.25) is 11.0 Å². The van der Waals surface area contributed by atoms with Crippen LogP contribution in [0.25, 0.3) is 0 Å². The van der Waals surface area contributed by atoms with Crippen LogP contribution in [0.5, 0.6) is 0 Å². The minimum atomic E-state index is 0.0111. The Hall–Kier alpha value is -1.23. The molecule has 126 valence electrons. The number of hydrogen-bond acceptors (Lipinski definition) is 9. The summed E-state index contributed by atoms with van der Waals surface area (Å²) in [5, 5.41) is 14.9. The number of nitrogens with one attached hydrogen (secondary N) is 1. The number of carbonyl (C=O) groups is 1. The van der Waals surface area contributed by atoms with Crippen LogP contribution >= 0.6 is 34.4 Å². The second kappa shape index (κ2) is 9.16. The molecule has 0 aliphatic heterocycles. The lowest BCUT2D eigenvalue weighted by Gasteiger charge is -2.14. The zero-order valence-electron chi connectivity index (χ0n) is 13.2. The molecule has 0 saturated carbocycles. The Kier molecular flexibility index (Phi) is 7.21. The molecule has 0 saturated heterocycles. The van der Waals surface area contributed by atoms with Crippen LogP contribution in [0.1, 0.15) is 19.5 Å². The number of anilines is 2. The van der Waals surface area contributed by atoms with E-state index in [1.54, 1.807) is 30.7 Å². The van der Waals surface area contributed by atoms with Crippen LogP contribution in [0.15, 0.2) is 9.72 Å². The normalized spacial score (nSPS) is 10.7. The van der Waals surface area contributed by atoms with Gasteiger partial charge in [0, 0.05) is 38.3 Å². The molecule has 0 unspecified atom stereocenters. The third-order valence-corrected chi connectivity index (χ3v) is 5.76. The number of rotatable bonds is 9. The van der Waals surface area contributed by atoms with Crippen LogP contribution in [0, 0.1) is 0 Å². The number of carbonyl (C=O) groups excluding carboxylic acids is 1. The standard InChI is InChI=1S/C13H19N5O2S3/c1-4-18(9(2)19)12-15-10(7-21-12)8-22-13-17-16-11(23-13)14-5-6-20-3/h7H,4-6,8H2,1-3H3,(H,14,16). The predicted octanol–water partition coefficient (Wildman–Crippen LogP) is 2.72. The molecule has 1 amide bonds. The molecule has 1 N–H and O–H groups in total. The SMILES string of the molecule is CCN(C(C)=O)c1nc(CSc2nnc(NCCOC)s2)cs1. The van der Waals surface area contributed by atoms with Gasteiger partial charge in [-0.3, -0.25) is 9.69 Å². The van der Waals surface area contributed by atoms with Crippen LogP contribution < -0.4 is 10.2 Å². The van der Waals surface area contributed by atoms with Gasteiger partial charge in [-0.1, -0.05) is 23.1 Å². The average molecular weight is 374 g/mol. The van der Waals surface area contributed by atoms with E-state index in [0.717, 1.165) is 20.3 Å².